The van der Waals surface area contributed by atoms with E-state index in [1.54, 1.807) is 11.0 Å². The average Bonchev–Trinajstić information content (AvgIpc) is 2.53. The van der Waals surface area contributed by atoms with E-state index < -0.39 is 0 Å². The summed E-state index contributed by atoms with van der Waals surface area (Å²) in [4.78, 5) is 27.8. The minimum atomic E-state index is 0.0137. The lowest BCUT2D eigenvalue weighted by molar-refractivity contribution is -0.137. The van der Waals surface area contributed by atoms with Crippen molar-refractivity contribution in [3.05, 3.63) is 42.0 Å². The third-order valence-corrected chi connectivity index (χ3v) is 3.74. The van der Waals surface area contributed by atoms with E-state index in [0.29, 0.717) is 38.5 Å². The minimum Gasteiger partial charge on any atom is -0.339 e. The molecule has 1 aromatic carbocycles. The number of rotatable bonds is 4. The van der Waals surface area contributed by atoms with Crippen LogP contribution >= 0.6 is 0 Å². The van der Waals surface area contributed by atoms with E-state index in [9.17, 15) is 9.59 Å². The van der Waals surface area contributed by atoms with Crippen LogP contribution in [0.5, 0.6) is 0 Å². The van der Waals surface area contributed by atoms with Gasteiger partial charge in [-0.05, 0) is 17.6 Å². The van der Waals surface area contributed by atoms with Gasteiger partial charge in [-0.2, -0.15) is 0 Å². The second kappa shape index (κ2) is 7.78. The Balaban J connectivity index is 1.82. The fraction of sp³-hybridized carbons (Fsp3) is 0.444. The third-order valence-electron chi connectivity index (χ3n) is 3.74. The molecule has 4 nitrogen and oxygen atoms in total. The summed E-state index contributed by atoms with van der Waals surface area (Å²) in [5.41, 5.74) is 1.02. The summed E-state index contributed by atoms with van der Waals surface area (Å²) in [6.07, 6.45) is 4.03. The van der Waals surface area contributed by atoms with Gasteiger partial charge in [0.1, 0.15) is 0 Å². The topological polar surface area (TPSA) is 40.6 Å². The van der Waals surface area contributed by atoms with Gasteiger partial charge < -0.3 is 9.80 Å². The number of amides is 2. The number of hydrogen-bond donors (Lipinski definition) is 0. The minimum absolute atomic E-state index is 0.0137. The van der Waals surface area contributed by atoms with Crippen LogP contribution in [-0.4, -0.2) is 47.8 Å². The largest absolute Gasteiger partial charge is 0.339 e. The molecule has 0 aromatic heterocycles. The Labute approximate surface area is 132 Å². The van der Waals surface area contributed by atoms with Crippen molar-refractivity contribution in [2.75, 3.05) is 26.2 Å². The molecule has 118 valence electrons. The molecule has 1 fully saturated rings. The van der Waals surface area contributed by atoms with Crippen molar-refractivity contribution in [3.63, 3.8) is 0 Å². The summed E-state index contributed by atoms with van der Waals surface area (Å²) in [6.45, 7) is 6.59. The first kappa shape index (κ1) is 16.3. The molecule has 0 radical (unpaired) electrons. The molecular weight excluding hydrogens is 276 g/mol. The van der Waals surface area contributed by atoms with Gasteiger partial charge in [-0.15, -0.1) is 0 Å². The summed E-state index contributed by atoms with van der Waals surface area (Å²) in [5, 5.41) is 0. The number of nitrogens with zero attached hydrogens (tertiary/aromatic N) is 2. The molecule has 0 bridgehead atoms. The van der Waals surface area contributed by atoms with Gasteiger partial charge in [0.15, 0.2) is 0 Å². The molecular formula is C18H24N2O2. The predicted molar refractivity (Wildman–Crippen MR) is 88.1 cm³/mol. The first-order valence-electron chi connectivity index (χ1n) is 7.86. The van der Waals surface area contributed by atoms with Gasteiger partial charge in [0.25, 0.3) is 0 Å². The Kier molecular flexibility index (Phi) is 5.75. The van der Waals surface area contributed by atoms with E-state index in [1.165, 1.54) is 0 Å². The Morgan fingerprint density at radius 1 is 1.05 bits per heavy atom. The summed E-state index contributed by atoms with van der Waals surface area (Å²) in [5.74, 6) is 0.586. The van der Waals surface area contributed by atoms with E-state index in [1.807, 2.05) is 55.2 Å². The molecule has 0 N–H and O–H groups in total. The molecule has 4 heteroatoms. The van der Waals surface area contributed by atoms with Gasteiger partial charge >= 0.3 is 0 Å². The molecule has 1 saturated heterocycles. The average molecular weight is 300 g/mol. The first-order chi connectivity index (χ1) is 10.6. The Hall–Kier alpha value is -2.10. The van der Waals surface area contributed by atoms with Crippen LogP contribution in [0.25, 0.3) is 6.08 Å². The lowest BCUT2D eigenvalue weighted by atomic mass is 10.1. The van der Waals surface area contributed by atoms with E-state index in [4.69, 9.17) is 0 Å². The molecule has 0 spiro atoms. The highest BCUT2D eigenvalue weighted by Gasteiger charge is 2.23. The van der Waals surface area contributed by atoms with Gasteiger partial charge in [-0.1, -0.05) is 44.2 Å². The Morgan fingerprint density at radius 3 is 2.23 bits per heavy atom. The van der Waals surface area contributed by atoms with Crippen molar-refractivity contribution in [2.24, 2.45) is 5.92 Å². The zero-order valence-corrected chi connectivity index (χ0v) is 13.4. The van der Waals surface area contributed by atoms with E-state index in [0.717, 1.165) is 5.56 Å². The Bertz CT molecular complexity index is 529. The molecule has 0 saturated carbocycles. The molecule has 1 heterocycles. The number of benzene rings is 1. The quantitative estimate of drug-likeness (QED) is 0.801. The molecule has 2 rings (SSSR count). The van der Waals surface area contributed by atoms with Crippen LogP contribution in [0, 0.1) is 5.92 Å². The van der Waals surface area contributed by atoms with E-state index in [-0.39, 0.29) is 11.8 Å². The zero-order chi connectivity index (χ0) is 15.9. The van der Waals surface area contributed by atoms with Crippen molar-refractivity contribution in [1.29, 1.82) is 0 Å². The smallest absolute Gasteiger partial charge is 0.246 e. The van der Waals surface area contributed by atoms with Crippen LogP contribution in [0.2, 0.25) is 0 Å². The molecule has 1 aliphatic rings. The first-order valence-corrected chi connectivity index (χ1v) is 7.86. The summed E-state index contributed by atoms with van der Waals surface area (Å²) < 4.78 is 0. The fourth-order valence-electron chi connectivity index (χ4n) is 2.49. The van der Waals surface area contributed by atoms with E-state index in [2.05, 4.69) is 0 Å². The highest BCUT2D eigenvalue weighted by Crippen LogP contribution is 2.09. The van der Waals surface area contributed by atoms with Crippen LogP contribution in [0.15, 0.2) is 36.4 Å². The third kappa shape index (κ3) is 4.72. The van der Waals surface area contributed by atoms with Crippen molar-refractivity contribution in [2.45, 2.75) is 20.3 Å². The molecule has 0 atom stereocenters. The number of piperazine rings is 1. The van der Waals surface area contributed by atoms with Gasteiger partial charge in [0, 0.05) is 38.7 Å². The number of carbonyl (C=O) groups is 2. The molecule has 1 aliphatic heterocycles. The number of carbonyl (C=O) groups excluding carboxylic acids is 2. The molecule has 1 aromatic rings. The van der Waals surface area contributed by atoms with Crippen molar-refractivity contribution in [3.8, 4) is 0 Å². The number of hydrogen-bond acceptors (Lipinski definition) is 2. The normalized spacial score (nSPS) is 15.6. The van der Waals surface area contributed by atoms with Gasteiger partial charge in [0.2, 0.25) is 11.8 Å². The molecule has 2 amide bonds. The summed E-state index contributed by atoms with van der Waals surface area (Å²) >= 11 is 0. The molecule has 22 heavy (non-hydrogen) atoms. The predicted octanol–water partition coefficient (Wildman–Crippen LogP) is 2.42. The second-order valence-electron chi connectivity index (χ2n) is 6.05. The lowest BCUT2D eigenvalue weighted by Crippen LogP contribution is -2.50. The summed E-state index contributed by atoms with van der Waals surface area (Å²) in [6, 6.07) is 9.78. The fourth-order valence-corrected chi connectivity index (χ4v) is 2.49. The van der Waals surface area contributed by atoms with Gasteiger partial charge in [-0.25, -0.2) is 0 Å². The van der Waals surface area contributed by atoms with Crippen molar-refractivity contribution >= 4 is 17.9 Å². The second-order valence-corrected chi connectivity index (χ2v) is 6.05. The maximum Gasteiger partial charge on any atom is 0.246 e. The van der Waals surface area contributed by atoms with Gasteiger partial charge in [-0.3, -0.25) is 9.59 Å². The van der Waals surface area contributed by atoms with Crippen molar-refractivity contribution < 1.29 is 9.59 Å². The standard InChI is InChI=1S/C18H24N2O2/c1-15(2)14-18(22)20-12-10-19(11-13-20)17(21)9-8-16-6-4-3-5-7-16/h3-9,15H,10-14H2,1-2H3/b9-8+. The lowest BCUT2D eigenvalue weighted by Gasteiger charge is -2.34. The van der Waals surface area contributed by atoms with Crippen molar-refractivity contribution in [1.82, 2.24) is 9.80 Å². The van der Waals surface area contributed by atoms with Crippen LogP contribution in [0.3, 0.4) is 0 Å². The SMILES string of the molecule is CC(C)CC(=O)N1CCN(C(=O)/C=C/c2ccccc2)CC1. The van der Waals surface area contributed by atoms with Crippen LogP contribution in [-0.2, 0) is 9.59 Å². The van der Waals surface area contributed by atoms with Gasteiger partial charge in [0.05, 0.1) is 0 Å². The highest BCUT2D eigenvalue weighted by atomic mass is 16.2. The summed E-state index contributed by atoms with van der Waals surface area (Å²) in [7, 11) is 0. The maximum atomic E-state index is 12.2. The monoisotopic (exact) mass is 300 g/mol. The maximum absolute atomic E-state index is 12.2. The molecule has 0 aliphatic carbocycles. The molecule has 0 unspecified atom stereocenters. The highest BCUT2D eigenvalue weighted by molar-refractivity contribution is 5.92. The van der Waals surface area contributed by atoms with E-state index >= 15 is 0 Å². The van der Waals surface area contributed by atoms with Crippen LogP contribution < -0.4 is 0 Å². The van der Waals surface area contributed by atoms with Crippen LogP contribution in [0.4, 0.5) is 0 Å². The van der Waals surface area contributed by atoms with Crippen LogP contribution in [0.1, 0.15) is 25.8 Å². The zero-order valence-electron chi connectivity index (χ0n) is 13.4. The Morgan fingerprint density at radius 2 is 1.64 bits per heavy atom.